The van der Waals surface area contributed by atoms with E-state index < -0.39 is 13.2 Å². The van der Waals surface area contributed by atoms with Gasteiger partial charge >= 0.3 is 13.2 Å². The molecule has 5 nitrogen and oxygen atoms in total. The summed E-state index contributed by atoms with van der Waals surface area (Å²) in [5.74, 6) is 0. The number of amides is 1. The van der Waals surface area contributed by atoms with Crippen molar-refractivity contribution in [2.45, 2.75) is 0 Å². The molecule has 0 radical (unpaired) electrons. The monoisotopic (exact) mass is 201 g/mol. The van der Waals surface area contributed by atoms with Gasteiger partial charge in [0.1, 0.15) is 0 Å². The summed E-state index contributed by atoms with van der Waals surface area (Å²) in [7, 11) is -4.67. The first-order valence-electron chi connectivity index (χ1n) is 3.42. The van der Waals surface area contributed by atoms with E-state index in [-0.39, 0.29) is 0 Å². The molecule has 6 heteroatoms. The number of anilines is 1. The van der Waals surface area contributed by atoms with Crippen LogP contribution in [0.1, 0.15) is 0 Å². The van der Waals surface area contributed by atoms with Crippen molar-refractivity contribution in [1.82, 2.24) is 0 Å². The van der Waals surface area contributed by atoms with Crippen LogP contribution in [0.2, 0.25) is 0 Å². The molecule has 70 valence electrons. The van der Waals surface area contributed by atoms with Crippen LogP contribution in [0.5, 0.6) is 0 Å². The van der Waals surface area contributed by atoms with Crippen LogP contribution in [0.4, 0.5) is 10.5 Å². The van der Waals surface area contributed by atoms with Crippen LogP contribution in [0.3, 0.4) is 0 Å². The molecule has 1 aromatic rings. The average Bonchev–Trinajstić information content (AvgIpc) is 2.04. The maximum Gasteiger partial charge on any atom is 0.413 e. The van der Waals surface area contributed by atoms with E-state index in [9.17, 15) is 9.36 Å². The molecule has 0 saturated heterocycles. The number of benzene rings is 1. The maximum absolute atomic E-state index is 10.8. The fraction of sp³-hybridized carbons (Fsp3) is 0. The molecule has 0 aliphatic heterocycles. The van der Waals surface area contributed by atoms with Crippen LogP contribution < -0.4 is 5.32 Å². The Kier molecular flexibility index (Phi) is 2.83. The van der Waals surface area contributed by atoms with Crippen LogP contribution in [-0.2, 0) is 4.57 Å². The number of rotatable bonds is 2. The van der Waals surface area contributed by atoms with E-state index in [2.05, 4.69) is 5.32 Å². The highest BCUT2D eigenvalue weighted by Crippen LogP contribution is 2.36. The number of carbonyl (C=O) groups excluding carboxylic acids is 1. The third-order valence-corrected chi connectivity index (χ3v) is 1.93. The van der Waals surface area contributed by atoms with Gasteiger partial charge in [-0.15, -0.1) is 0 Å². The summed E-state index contributed by atoms with van der Waals surface area (Å²) in [6, 6.07) is 8.10. The summed E-state index contributed by atoms with van der Waals surface area (Å²) in [6.07, 6.45) is 0. The molecule has 0 bridgehead atoms. The predicted octanol–water partition coefficient (Wildman–Crippen LogP) is 1.40. The second-order valence-electron chi connectivity index (χ2n) is 2.34. The minimum atomic E-state index is -4.67. The first-order chi connectivity index (χ1) is 6.00. The number of hydrogen-bond donors (Lipinski definition) is 3. The van der Waals surface area contributed by atoms with E-state index in [1.807, 2.05) is 0 Å². The third kappa shape index (κ3) is 2.99. The van der Waals surface area contributed by atoms with Gasteiger partial charge in [-0.3, -0.25) is 4.79 Å². The maximum atomic E-state index is 10.8. The van der Waals surface area contributed by atoms with E-state index in [1.54, 1.807) is 18.2 Å². The third-order valence-electron chi connectivity index (χ3n) is 1.29. The summed E-state index contributed by atoms with van der Waals surface area (Å²) >= 11 is 0. The quantitative estimate of drug-likeness (QED) is 0.631. The van der Waals surface area contributed by atoms with Gasteiger partial charge < -0.3 is 15.1 Å². The molecule has 0 heterocycles. The SMILES string of the molecule is O=C(Nc1ccccc1)P(=O)(O)O. The van der Waals surface area contributed by atoms with E-state index in [1.165, 1.54) is 12.1 Å². The molecule has 0 saturated carbocycles. The Labute approximate surface area is 74.6 Å². The minimum absolute atomic E-state index is 0.357. The highest BCUT2D eigenvalue weighted by molar-refractivity contribution is 7.70. The highest BCUT2D eigenvalue weighted by atomic mass is 31.2. The van der Waals surface area contributed by atoms with Gasteiger partial charge in [0.05, 0.1) is 0 Å². The lowest BCUT2D eigenvalue weighted by atomic mass is 10.3. The minimum Gasteiger partial charge on any atom is -0.318 e. The molecule has 1 rings (SSSR count). The summed E-state index contributed by atoms with van der Waals surface area (Å²) in [6.45, 7) is 0. The van der Waals surface area contributed by atoms with Crippen molar-refractivity contribution in [1.29, 1.82) is 0 Å². The van der Waals surface area contributed by atoms with Gasteiger partial charge in [0.2, 0.25) is 0 Å². The van der Waals surface area contributed by atoms with Gasteiger partial charge in [0.25, 0.3) is 0 Å². The lowest BCUT2D eigenvalue weighted by Crippen LogP contribution is -2.09. The number of carbonyl (C=O) groups is 1. The molecule has 3 N–H and O–H groups in total. The summed E-state index contributed by atoms with van der Waals surface area (Å²) in [5.41, 5.74) is -0.936. The highest BCUT2D eigenvalue weighted by Gasteiger charge is 2.25. The average molecular weight is 201 g/mol. The molecule has 0 aromatic heterocycles. The van der Waals surface area contributed by atoms with Gasteiger partial charge in [-0.05, 0) is 12.1 Å². The first-order valence-corrected chi connectivity index (χ1v) is 5.03. The van der Waals surface area contributed by atoms with Crippen molar-refractivity contribution in [3.05, 3.63) is 30.3 Å². The second kappa shape index (κ2) is 3.70. The zero-order valence-corrected chi connectivity index (χ0v) is 7.44. The molecule has 0 spiro atoms. The molecule has 0 aliphatic rings. The van der Waals surface area contributed by atoms with E-state index >= 15 is 0 Å². The van der Waals surface area contributed by atoms with Crippen LogP contribution in [0.25, 0.3) is 0 Å². The van der Waals surface area contributed by atoms with Crippen LogP contribution in [0, 0.1) is 0 Å². The fourth-order valence-corrected chi connectivity index (χ4v) is 0.993. The van der Waals surface area contributed by atoms with Gasteiger partial charge in [-0.25, -0.2) is 4.57 Å². The number of hydrogen-bond acceptors (Lipinski definition) is 2. The Morgan fingerprint density at radius 2 is 1.77 bits per heavy atom. The predicted molar refractivity (Wildman–Crippen MR) is 47.5 cm³/mol. The fourth-order valence-electron chi connectivity index (χ4n) is 0.718. The molecule has 0 fully saturated rings. The molecule has 1 aromatic carbocycles. The Hall–Kier alpha value is -1.16. The van der Waals surface area contributed by atoms with Gasteiger partial charge in [-0.2, -0.15) is 0 Å². The largest absolute Gasteiger partial charge is 0.413 e. The lowest BCUT2D eigenvalue weighted by Gasteiger charge is -2.04. The summed E-state index contributed by atoms with van der Waals surface area (Å²) in [4.78, 5) is 27.7. The van der Waals surface area contributed by atoms with Crippen molar-refractivity contribution < 1.29 is 19.1 Å². The Bertz CT molecular complexity index is 345. The Morgan fingerprint density at radius 1 is 1.23 bits per heavy atom. The van der Waals surface area contributed by atoms with Crippen LogP contribution >= 0.6 is 7.60 Å². The standard InChI is InChI=1S/C7H8NO4P/c9-7(13(10,11)12)8-6-4-2-1-3-5-6/h1-5H,(H,8,9)(H2,10,11,12). The van der Waals surface area contributed by atoms with E-state index in [0.717, 1.165) is 0 Å². The summed E-state index contributed by atoms with van der Waals surface area (Å²) < 4.78 is 10.4. The molecule has 13 heavy (non-hydrogen) atoms. The van der Waals surface area contributed by atoms with Gasteiger partial charge in [-0.1, -0.05) is 18.2 Å². The molecule has 0 unspecified atom stereocenters. The molecular formula is C7H8NO4P. The van der Waals surface area contributed by atoms with Gasteiger partial charge in [0, 0.05) is 5.69 Å². The van der Waals surface area contributed by atoms with Crippen molar-refractivity contribution in [3.63, 3.8) is 0 Å². The second-order valence-corrected chi connectivity index (χ2v) is 3.83. The molecule has 0 aliphatic carbocycles. The Balaban J connectivity index is 2.72. The summed E-state index contributed by atoms with van der Waals surface area (Å²) in [5, 5.41) is 2.08. The number of nitrogens with one attached hydrogen (secondary N) is 1. The van der Waals surface area contributed by atoms with E-state index in [0.29, 0.717) is 5.69 Å². The van der Waals surface area contributed by atoms with Crippen LogP contribution in [-0.4, -0.2) is 15.4 Å². The molecular weight excluding hydrogens is 193 g/mol. The lowest BCUT2D eigenvalue weighted by molar-refractivity contribution is 0.258. The smallest absolute Gasteiger partial charge is 0.318 e. The van der Waals surface area contributed by atoms with Crippen molar-refractivity contribution in [2.75, 3.05) is 5.32 Å². The normalized spacial score (nSPS) is 10.9. The van der Waals surface area contributed by atoms with Crippen molar-refractivity contribution in [2.24, 2.45) is 0 Å². The van der Waals surface area contributed by atoms with E-state index in [4.69, 9.17) is 9.79 Å². The van der Waals surface area contributed by atoms with Crippen molar-refractivity contribution >= 4 is 18.9 Å². The molecule has 1 amide bonds. The molecule has 0 atom stereocenters. The van der Waals surface area contributed by atoms with Gasteiger partial charge in [0.15, 0.2) is 0 Å². The van der Waals surface area contributed by atoms with Crippen LogP contribution in [0.15, 0.2) is 30.3 Å². The zero-order valence-electron chi connectivity index (χ0n) is 6.54. The van der Waals surface area contributed by atoms with Crippen molar-refractivity contribution in [3.8, 4) is 0 Å². The first kappa shape index (κ1) is 9.92. The topological polar surface area (TPSA) is 86.6 Å². The number of para-hydroxylation sites is 1. The zero-order chi connectivity index (χ0) is 9.90. The Morgan fingerprint density at radius 3 is 2.23 bits per heavy atom.